The van der Waals surface area contributed by atoms with Gasteiger partial charge in [-0.1, -0.05) is 18.2 Å². The van der Waals surface area contributed by atoms with Crippen LogP contribution in [0.1, 0.15) is 28.0 Å². The Morgan fingerprint density at radius 1 is 1.17 bits per heavy atom. The molecule has 0 saturated carbocycles. The highest BCUT2D eigenvalue weighted by molar-refractivity contribution is 5.94. The van der Waals surface area contributed by atoms with Crippen molar-refractivity contribution in [3.8, 4) is 0 Å². The summed E-state index contributed by atoms with van der Waals surface area (Å²) in [6.07, 6.45) is 2.53. The lowest BCUT2D eigenvalue weighted by atomic mass is 9.91. The van der Waals surface area contributed by atoms with Crippen LogP contribution in [0.2, 0.25) is 0 Å². The number of nitrogens with one attached hydrogen (secondary N) is 2. The third-order valence-electron chi connectivity index (χ3n) is 4.52. The molecular formula is C19H17FN2O. The molecule has 2 aromatic carbocycles. The Bertz CT molecular complexity index is 870. The lowest BCUT2D eigenvalue weighted by Crippen LogP contribution is -2.38. The molecular weight excluding hydrogens is 291 g/mol. The highest BCUT2D eigenvalue weighted by atomic mass is 19.1. The molecule has 0 fully saturated rings. The summed E-state index contributed by atoms with van der Waals surface area (Å²) in [6, 6.07) is 14.2. The van der Waals surface area contributed by atoms with Gasteiger partial charge in [0.15, 0.2) is 0 Å². The molecule has 1 atom stereocenters. The Kier molecular flexibility index (Phi) is 3.37. The summed E-state index contributed by atoms with van der Waals surface area (Å²) in [5.41, 5.74) is 3.88. The van der Waals surface area contributed by atoms with Crippen LogP contribution in [0.5, 0.6) is 0 Å². The van der Waals surface area contributed by atoms with E-state index in [4.69, 9.17) is 0 Å². The van der Waals surface area contributed by atoms with Gasteiger partial charge in [0.25, 0.3) is 5.91 Å². The smallest absolute Gasteiger partial charge is 0.251 e. The summed E-state index contributed by atoms with van der Waals surface area (Å²) in [5.74, 6) is -0.269. The van der Waals surface area contributed by atoms with Crippen molar-refractivity contribution in [2.75, 3.05) is 0 Å². The third kappa shape index (κ3) is 2.61. The highest BCUT2D eigenvalue weighted by Gasteiger charge is 2.24. The molecule has 23 heavy (non-hydrogen) atoms. The number of benzene rings is 2. The molecule has 0 aliphatic heterocycles. The molecule has 1 unspecified atom stereocenters. The topological polar surface area (TPSA) is 44.9 Å². The van der Waals surface area contributed by atoms with Crippen molar-refractivity contribution in [1.29, 1.82) is 0 Å². The minimum Gasteiger partial charge on any atom is -0.358 e. The van der Waals surface area contributed by atoms with E-state index in [0.717, 1.165) is 35.9 Å². The number of H-pyrrole nitrogens is 1. The van der Waals surface area contributed by atoms with Crippen molar-refractivity contribution in [2.24, 2.45) is 0 Å². The van der Waals surface area contributed by atoms with Crippen molar-refractivity contribution >= 4 is 16.8 Å². The molecule has 1 aliphatic rings. The molecule has 2 N–H and O–H groups in total. The fourth-order valence-electron chi connectivity index (χ4n) is 3.38. The van der Waals surface area contributed by atoms with E-state index < -0.39 is 0 Å². The van der Waals surface area contributed by atoms with Gasteiger partial charge in [-0.2, -0.15) is 0 Å². The van der Waals surface area contributed by atoms with Crippen LogP contribution in [0.4, 0.5) is 4.39 Å². The monoisotopic (exact) mass is 308 g/mol. The Morgan fingerprint density at radius 2 is 2.00 bits per heavy atom. The zero-order valence-corrected chi connectivity index (χ0v) is 12.6. The maximum Gasteiger partial charge on any atom is 0.251 e. The van der Waals surface area contributed by atoms with Crippen LogP contribution < -0.4 is 5.32 Å². The van der Waals surface area contributed by atoms with E-state index in [1.54, 1.807) is 0 Å². The summed E-state index contributed by atoms with van der Waals surface area (Å²) >= 11 is 0. The Balaban J connectivity index is 1.57. The molecule has 4 rings (SSSR count). The van der Waals surface area contributed by atoms with E-state index >= 15 is 0 Å². The van der Waals surface area contributed by atoms with Gasteiger partial charge in [-0.3, -0.25) is 4.79 Å². The first kappa shape index (κ1) is 14.0. The number of aryl methyl sites for hydroxylation is 1. The van der Waals surface area contributed by atoms with E-state index in [-0.39, 0.29) is 17.8 Å². The van der Waals surface area contributed by atoms with Gasteiger partial charge in [0.05, 0.1) is 0 Å². The largest absolute Gasteiger partial charge is 0.358 e. The average Bonchev–Trinajstić information content (AvgIpc) is 2.92. The maximum atomic E-state index is 13.4. The molecule has 0 spiro atoms. The summed E-state index contributed by atoms with van der Waals surface area (Å²) in [5, 5.41) is 4.17. The molecule has 0 radical (unpaired) electrons. The molecule has 1 heterocycles. The summed E-state index contributed by atoms with van der Waals surface area (Å²) in [7, 11) is 0. The second kappa shape index (κ2) is 5.54. The number of halogens is 1. The van der Waals surface area contributed by atoms with Crippen molar-refractivity contribution in [3.63, 3.8) is 0 Å². The normalized spacial score (nSPS) is 17.0. The Labute approximate surface area is 133 Å². The van der Waals surface area contributed by atoms with Gasteiger partial charge in [0.1, 0.15) is 5.82 Å². The number of aromatic amines is 1. The van der Waals surface area contributed by atoms with Gasteiger partial charge >= 0.3 is 0 Å². The van der Waals surface area contributed by atoms with E-state index in [1.165, 1.54) is 17.7 Å². The molecule has 0 saturated heterocycles. The fraction of sp³-hybridized carbons (Fsp3) is 0.211. The number of amides is 1. The van der Waals surface area contributed by atoms with Crippen molar-refractivity contribution in [2.45, 2.75) is 25.3 Å². The maximum absolute atomic E-state index is 13.4. The van der Waals surface area contributed by atoms with Gasteiger partial charge in [-0.05, 0) is 55.2 Å². The molecule has 3 nitrogen and oxygen atoms in total. The van der Waals surface area contributed by atoms with Gasteiger partial charge in [-0.15, -0.1) is 0 Å². The zero-order valence-electron chi connectivity index (χ0n) is 12.6. The summed E-state index contributed by atoms with van der Waals surface area (Å²) in [6.45, 7) is 0. The minimum atomic E-state index is -0.231. The molecule has 1 amide bonds. The average molecular weight is 308 g/mol. The first-order valence-corrected chi connectivity index (χ1v) is 7.85. The van der Waals surface area contributed by atoms with Crippen LogP contribution in [-0.2, 0) is 12.8 Å². The lowest BCUT2D eigenvalue weighted by Gasteiger charge is -2.23. The fourth-order valence-corrected chi connectivity index (χ4v) is 3.38. The predicted molar refractivity (Wildman–Crippen MR) is 88.0 cm³/mol. The van der Waals surface area contributed by atoms with E-state index in [0.29, 0.717) is 5.56 Å². The van der Waals surface area contributed by atoms with E-state index in [1.807, 2.05) is 36.4 Å². The number of hydrogen-bond acceptors (Lipinski definition) is 1. The van der Waals surface area contributed by atoms with Crippen molar-refractivity contribution in [1.82, 2.24) is 10.3 Å². The lowest BCUT2D eigenvalue weighted by molar-refractivity contribution is 0.0933. The SMILES string of the molecule is O=C(NC1CCc2[nH]c3cc(F)ccc3c2C1)c1ccccc1. The predicted octanol–water partition coefficient (Wildman–Crippen LogP) is 3.59. The molecule has 0 bridgehead atoms. The standard InChI is InChI=1S/C19H17FN2O/c20-13-6-8-15-16-11-14(7-9-17(16)22-18(15)10-13)21-19(23)12-4-2-1-3-5-12/h1-6,8,10,14,22H,7,9,11H2,(H,21,23). The van der Waals surface area contributed by atoms with Gasteiger partial charge < -0.3 is 10.3 Å². The van der Waals surface area contributed by atoms with Gasteiger partial charge in [0.2, 0.25) is 0 Å². The number of hydrogen-bond donors (Lipinski definition) is 2. The van der Waals surface area contributed by atoms with Gasteiger partial charge in [-0.25, -0.2) is 4.39 Å². The molecule has 1 aromatic heterocycles. The zero-order chi connectivity index (χ0) is 15.8. The van der Waals surface area contributed by atoms with Gasteiger partial charge in [0, 0.05) is 28.2 Å². The third-order valence-corrected chi connectivity index (χ3v) is 4.52. The Hall–Kier alpha value is -2.62. The second-order valence-corrected chi connectivity index (χ2v) is 6.05. The first-order chi connectivity index (χ1) is 11.2. The number of carbonyl (C=O) groups is 1. The first-order valence-electron chi connectivity index (χ1n) is 7.85. The van der Waals surface area contributed by atoms with Crippen molar-refractivity contribution in [3.05, 3.63) is 71.2 Å². The molecule has 1 aliphatic carbocycles. The van der Waals surface area contributed by atoms with E-state index in [2.05, 4.69) is 10.3 Å². The van der Waals surface area contributed by atoms with E-state index in [9.17, 15) is 9.18 Å². The van der Waals surface area contributed by atoms with Crippen LogP contribution in [0.25, 0.3) is 10.9 Å². The van der Waals surface area contributed by atoms with Crippen LogP contribution >= 0.6 is 0 Å². The van der Waals surface area contributed by atoms with Crippen molar-refractivity contribution < 1.29 is 9.18 Å². The number of carbonyl (C=O) groups excluding carboxylic acids is 1. The number of rotatable bonds is 2. The minimum absolute atomic E-state index is 0.0371. The Morgan fingerprint density at radius 3 is 2.83 bits per heavy atom. The van der Waals surface area contributed by atoms with Crippen LogP contribution in [0, 0.1) is 5.82 Å². The van der Waals surface area contributed by atoms with Crippen LogP contribution in [-0.4, -0.2) is 16.9 Å². The number of fused-ring (bicyclic) bond motifs is 3. The number of aromatic nitrogens is 1. The van der Waals surface area contributed by atoms with Crippen LogP contribution in [0.3, 0.4) is 0 Å². The van der Waals surface area contributed by atoms with Crippen LogP contribution in [0.15, 0.2) is 48.5 Å². The highest BCUT2D eigenvalue weighted by Crippen LogP contribution is 2.29. The summed E-state index contributed by atoms with van der Waals surface area (Å²) in [4.78, 5) is 15.6. The molecule has 4 heteroatoms. The quantitative estimate of drug-likeness (QED) is 0.746. The molecule has 3 aromatic rings. The second-order valence-electron chi connectivity index (χ2n) is 6.05. The molecule has 116 valence electrons. The summed E-state index contributed by atoms with van der Waals surface area (Å²) < 4.78 is 13.4.